The van der Waals surface area contributed by atoms with E-state index in [2.05, 4.69) is 26.5 Å². The van der Waals surface area contributed by atoms with Gasteiger partial charge in [-0.2, -0.15) is 19.5 Å². The molecular weight excluding hydrogens is 566 g/mol. The Hall–Kier alpha value is -0.170. The Labute approximate surface area is 278 Å². The van der Waals surface area contributed by atoms with Crippen molar-refractivity contribution in [2.45, 2.75) is 232 Å². The molecule has 268 valence electrons. The van der Waals surface area contributed by atoms with Crippen LogP contribution >= 0.6 is 0 Å². The molecular formula is C38H81NO4S. The van der Waals surface area contributed by atoms with Gasteiger partial charge < -0.3 is 12.7 Å². The highest BCUT2D eigenvalue weighted by Crippen LogP contribution is 2.24. The Kier molecular flexibility index (Phi) is 37.3. The average molecular weight is 648 g/mol. The maximum Gasteiger partial charge on any atom is 0.404 e. The van der Waals surface area contributed by atoms with Gasteiger partial charge in [0.15, 0.2) is 0 Å². The van der Waals surface area contributed by atoms with Crippen molar-refractivity contribution < 1.29 is 22.5 Å². The molecule has 0 spiro atoms. The third-order valence-electron chi connectivity index (χ3n) is 8.76. The third-order valence-corrected chi connectivity index (χ3v) is 9.84. The molecule has 0 rings (SSSR count). The molecule has 0 radical (unpaired) electrons. The van der Waals surface area contributed by atoms with Crippen molar-refractivity contribution in [2.75, 3.05) is 6.61 Å². The van der Waals surface area contributed by atoms with Crippen molar-refractivity contribution in [3.8, 4) is 0 Å². The van der Waals surface area contributed by atoms with Crippen molar-refractivity contribution in [1.29, 1.82) is 0 Å². The van der Waals surface area contributed by atoms with E-state index in [4.69, 9.17) is 8.37 Å². The molecule has 0 saturated carbocycles. The van der Waals surface area contributed by atoms with Crippen molar-refractivity contribution in [3.63, 3.8) is 0 Å². The van der Waals surface area contributed by atoms with Gasteiger partial charge in [0.1, 0.15) is 0 Å². The fourth-order valence-corrected chi connectivity index (χ4v) is 6.99. The first-order valence-electron chi connectivity index (χ1n) is 19.5. The maximum atomic E-state index is 12.3. The minimum absolute atomic E-state index is 0.0935. The molecule has 0 aliphatic carbocycles. The molecule has 0 fully saturated rings. The standard InChI is InChI=1S/C36H75NO4S.C2H5/c1-4-7-9-11-13-15-17-19-21-23-25-27-29-31-33-35-36(37,41-42(38,39)40-6-3)34-32-30-28-26-24-22-20-18-16-14-12-10-8-5-2;1-2/h4-35,37H2,1-3H3;1H2,2H3/q;-1/p+1. The van der Waals surface area contributed by atoms with E-state index in [0.29, 0.717) is 12.8 Å². The van der Waals surface area contributed by atoms with Gasteiger partial charge in [0.05, 0.1) is 6.61 Å². The van der Waals surface area contributed by atoms with Crippen LogP contribution < -0.4 is 5.73 Å². The van der Waals surface area contributed by atoms with Gasteiger partial charge in [-0.3, -0.25) is 0 Å². The number of rotatable bonds is 35. The van der Waals surface area contributed by atoms with Crippen LogP contribution in [0, 0.1) is 6.92 Å². The van der Waals surface area contributed by atoms with Crippen LogP contribution in [0.15, 0.2) is 0 Å². The first kappa shape index (κ1) is 46.0. The summed E-state index contributed by atoms with van der Waals surface area (Å²) in [7, 11) is -3.99. The molecule has 6 heteroatoms. The van der Waals surface area contributed by atoms with Gasteiger partial charge >= 0.3 is 10.4 Å². The van der Waals surface area contributed by atoms with Gasteiger partial charge in [-0.15, -0.1) is 0 Å². The second kappa shape index (κ2) is 35.7. The van der Waals surface area contributed by atoms with Crippen molar-refractivity contribution in [2.24, 2.45) is 0 Å². The summed E-state index contributed by atoms with van der Waals surface area (Å²) in [5, 5.41) is 0. The van der Waals surface area contributed by atoms with E-state index in [0.717, 1.165) is 25.7 Å². The lowest BCUT2D eigenvalue weighted by atomic mass is 9.97. The molecule has 0 aromatic heterocycles. The van der Waals surface area contributed by atoms with Gasteiger partial charge in [-0.25, -0.2) is 4.18 Å². The van der Waals surface area contributed by atoms with Crippen LogP contribution in [0.5, 0.6) is 0 Å². The van der Waals surface area contributed by atoms with Gasteiger partial charge in [-0.1, -0.05) is 187 Å². The highest BCUT2D eigenvalue weighted by molar-refractivity contribution is 7.81. The highest BCUT2D eigenvalue weighted by atomic mass is 32.3. The molecule has 0 saturated heterocycles. The van der Waals surface area contributed by atoms with Crippen LogP contribution in [0.25, 0.3) is 0 Å². The van der Waals surface area contributed by atoms with Crippen LogP contribution in [-0.4, -0.2) is 20.7 Å². The summed E-state index contributed by atoms with van der Waals surface area (Å²) in [6.45, 7) is 11.3. The zero-order valence-electron chi connectivity index (χ0n) is 30.6. The van der Waals surface area contributed by atoms with Gasteiger partial charge in [0.2, 0.25) is 5.72 Å². The van der Waals surface area contributed by atoms with Crippen LogP contribution in [0.3, 0.4) is 0 Å². The molecule has 5 nitrogen and oxygen atoms in total. The summed E-state index contributed by atoms with van der Waals surface area (Å²) in [6, 6.07) is 0. The lowest BCUT2D eigenvalue weighted by Crippen LogP contribution is -2.74. The summed E-state index contributed by atoms with van der Waals surface area (Å²) >= 11 is 0. The van der Waals surface area contributed by atoms with E-state index in [1.165, 1.54) is 161 Å². The molecule has 1 atom stereocenters. The monoisotopic (exact) mass is 648 g/mol. The van der Waals surface area contributed by atoms with Crippen LogP contribution in [-0.2, 0) is 18.8 Å². The van der Waals surface area contributed by atoms with Gasteiger partial charge in [-0.05, 0) is 19.8 Å². The van der Waals surface area contributed by atoms with E-state index in [-0.39, 0.29) is 6.61 Å². The van der Waals surface area contributed by atoms with Crippen LogP contribution in [0.2, 0.25) is 0 Å². The Morgan fingerprint density at radius 3 is 0.909 bits per heavy atom. The Morgan fingerprint density at radius 1 is 0.455 bits per heavy atom. The summed E-state index contributed by atoms with van der Waals surface area (Å²) < 4.78 is 35.0. The van der Waals surface area contributed by atoms with E-state index < -0.39 is 16.1 Å². The molecule has 0 aliphatic heterocycles. The minimum atomic E-state index is -3.99. The Bertz CT molecular complexity index is 643. The molecule has 1 unspecified atom stereocenters. The maximum absolute atomic E-state index is 12.3. The number of hydrogen-bond donors (Lipinski definition) is 1. The predicted molar refractivity (Wildman–Crippen MR) is 193 cm³/mol. The lowest BCUT2D eigenvalue weighted by molar-refractivity contribution is -0.541. The second-order valence-electron chi connectivity index (χ2n) is 13.1. The molecule has 0 heterocycles. The Balaban J connectivity index is 0. The summed E-state index contributed by atoms with van der Waals surface area (Å²) in [4.78, 5) is 0. The van der Waals surface area contributed by atoms with Crippen LogP contribution in [0.1, 0.15) is 227 Å². The molecule has 0 aromatic carbocycles. The topological polar surface area (TPSA) is 80.2 Å². The summed E-state index contributed by atoms with van der Waals surface area (Å²) in [5.74, 6) is 0. The predicted octanol–water partition coefficient (Wildman–Crippen LogP) is 12.2. The smallest absolute Gasteiger partial charge is 0.346 e. The van der Waals surface area contributed by atoms with Crippen molar-refractivity contribution >= 4 is 10.4 Å². The summed E-state index contributed by atoms with van der Waals surface area (Å²) in [6.07, 6.45) is 39.5. The van der Waals surface area contributed by atoms with E-state index >= 15 is 0 Å². The highest BCUT2D eigenvalue weighted by Gasteiger charge is 2.36. The average Bonchev–Trinajstić information content (AvgIpc) is 3.00. The fraction of sp³-hybridized carbons (Fsp3) is 0.974. The zero-order chi connectivity index (χ0) is 33.0. The molecule has 0 aliphatic rings. The first-order chi connectivity index (χ1) is 21.4. The fourth-order valence-electron chi connectivity index (χ4n) is 6.05. The quantitative estimate of drug-likeness (QED) is 0.0421. The SMILES string of the molecule is CCCCCCCCCCCCCCCCCC([NH3+])(CCCCCCCCCCCCCCCC)OS(=O)(=O)OCC.[CH2-]C. The molecule has 3 N–H and O–H groups in total. The molecule has 0 bridgehead atoms. The number of unbranched alkanes of at least 4 members (excludes halogenated alkanes) is 27. The minimum Gasteiger partial charge on any atom is -0.346 e. The van der Waals surface area contributed by atoms with Gasteiger partial charge in [0.25, 0.3) is 0 Å². The second-order valence-corrected chi connectivity index (χ2v) is 14.3. The zero-order valence-corrected chi connectivity index (χ0v) is 31.4. The Morgan fingerprint density at radius 2 is 0.682 bits per heavy atom. The molecule has 0 aromatic rings. The third kappa shape index (κ3) is 34.7. The number of quaternary nitrogens is 1. The van der Waals surface area contributed by atoms with Gasteiger partial charge in [0, 0.05) is 12.8 Å². The molecule has 44 heavy (non-hydrogen) atoms. The van der Waals surface area contributed by atoms with Crippen LogP contribution in [0.4, 0.5) is 0 Å². The lowest BCUT2D eigenvalue weighted by Gasteiger charge is -2.25. The normalized spacial score (nSPS) is 13.0. The van der Waals surface area contributed by atoms with E-state index in [1.807, 2.05) is 0 Å². The van der Waals surface area contributed by atoms with E-state index in [1.54, 1.807) is 13.8 Å². The largest absolute Gasteiger partial charge is 0.404 e. The van der Waals surface area contributed by atoms with E-state index in [9.17, 15) is 8.42 Å². The summed E-state index contributed by atoms with van der Waals surface area (Å²) in [5.41, 5.74) is 3.36. The number of hydrogen-bond acceptors (Lipinski definition) is 4. The molecule has 0 amide bonds. The first-order valence-corrected chi connectivity index (χ1v) is 20.9. The van der Waals surface area contributed by atoms with Crippen molar-refractivity contribution in [3.05, 3.63) is 6.92 Å². The van der Waals surface area contributed by atoms with Crippen molar-refractivity contribution in [1.82, 2.24) is 0 Å².